The lowest BCUT2D eigenvalue weighted by Gasteiger charge is -2.21. The molecule has 32 heavy (non-hydrogen) atoms. The molecule has 0 spiro atoms. The van der Waals surface area contributed by atoms with Crippen LogP contribution in [0.15, 0.2) is 78.9 Å². The second kappa shape index (κ2) is 11.4. The lowest BCUT2D eigenvalue weighted by molar-refractivity contribution is -0.118. The van der Waals surface area contributed by atoms with Gasteiger partial charge in [-0.2, -0.15) is 0 Å². The van der Waals surface area contributed by atoms with Crippen LogP contribution in [-0.4, -0.2) is 19.1 Å². The van der Waals surface area contributed by atoms with E-state index in [1.165, 1.54) is 32.1 Å². The molecule has 0 heterocycles. The Hall–Kier alpha value is -3.27. The summed E-state index contributed by atoms with van der Waals surface area (Å²) in [7, 11) is 0. The first-order valence-corrected chi connectivity index (χ1v) is 11.6. The van der Waals surface area contributed by atoms with Crippen molar-refractivity contribution >= 4 is 11.6 Å². The number of nitrogens with one attached hydrogen (secondary N) is 1. The van der Waals surface area contributed by atoms with Crippen molar-refractivity contribution in [3.05, 3.63) is 78.9 Å². The van der Waals surface area contributed by atoms with Gasteiger partial charge in [-0.25, -0.2) is 0 Å². The van der Waals surface area contributed by atoms with E-state index in [9.17, 15) is 4.79 Å². The molecule has 1 aliphatic rings. The topological polar surface area (TPSA) is 47.6 Å². The molecule has 1 aliphatic carbocycles. The second-order valence-corrected chi connectivity index (χ2v) is 8.39. The first-order valence-electron chi connectivity index (χ1n) is 11.6. The van der Waals surface area contributed by atoms with Gasteiger partial charge in [-0.1, -0.05) is 74.6 Å². The quantitative estimate of drug-likeness (QED) is 0.411. The van der Waals surface area contributed by atoms with E-state index in [0.717, 1.165) is 41.5 Å². The summed E-state index contributed by atoms with van der Waals surface area (Å²) in [4.78, 5) is 12.2. The van der Waals surface area contributed by atoms with Gasteiger partial charge in [-0.05, 0) is 59.9 Å². The second-order valence-electron chi connectivity index (χ2n) is 8.39. The summed E-state index contributed by atoms with van der Waals surface area (Å²) in [6.45, 7) is 0.720. The molecule has 0 saturated heterocycles. The highest BCUT2D eigenvalue weighted by atomic mass is 16.5. The van der Waals surface area contributed by atoms with Crippen molar-refractivity contribution in [1.82, 2.24) is 0 Å². The van der Waals surface area contributed by atoms with Crippen molar-refractivity contribution in [2.75, 3.05) is 18.5 Å². The van der Waals surface area contributed by atoms with Crippen LogP contribution in [-0.2, 0) is 4.79 Å². The van der Waals surface area contributed by atoms with Crippen molar-refractivity contribution in [3.63, 3.8) is 0 Å². The zero-order valence-electron chi connectivity index (χ0n) is 18.5. The summed E-state index contributed by atoms with van der Waals surface area (Å²) in [6, 6.07) is 25.4. The number of anilines is 1. The normalized spacial score (nSPS) is 14.0. The predicted octanol–water partition coefficient (Wildman–Crippen LogP) is 6.72. The van der Waals surface area contributed by atoms with Crippen LogP contribution < -0.4 is 14.8 Å². The molecule has 3 aromatic carbocycles. The largest absolute Gasteiger partial charge is 0.494 e. The Labute approximate surface area is 190 Å². The molecule has 1 saturated carbocycles. The monoisotopic (exact) mass is 429 g/mol. The van der Waals surface area contributed by atoms with Gasteiger partial charge >= 0.3 is 0 Å². The molecule has 0 radical (unpaired) electrons. The van der Waals surface area contributed by atoms with E-state index >= 15 is 0 Å². The minimum absolute atomic E-state index is 0.0374. The number of benzene rings is 3. The van der Waals surface area contributed by atoms with Gasteiger partial charge in [0, 0.05) is 5.69 Å². The zero-order valence-corrected chi connectivity index (χ0v) is 18.5. The van der Waals surface area contributed by atoms with E-state index in [4.69, 9.17) is 9.47 Å². The summed E-state index contributed by atoms with van der Waals surface area (Å²) in [5.41, 5.74) is 3.00. The lowest BCUT2D eigenvalue weighted by atomic mass is 9.87. The van der Waals surface area contributed by atoms with Crippen LogP contribution in [0.5, 0.6) is 11.5 Å². The van der Waals surface area contributed by atoms with Crippen LogP contribution in [0, 0.1) is 5.92 Å². The lowest BCUT2D eigenvalue weighted by Crippen LogP contribution is -2.20. The van der Waals surface area contributed by atoms with Crippen LogP contribution in [0.1, 0.15) is 38.5 Å². The Kier molecular flexibility index (Phi) is 7.80. The molecule has 0 bridgehead atoms. The van der Waals surface area contributed by atoms with E-state index in [1.54, 1.807) is 0 Å². The number of rotatable bonds is 9. The molecule has 4 rings (SSSR count). The highest BCUT2D eigenvalue weighted by Crippen LogP contribution is 2.27. The summed E-state index contributed by atoms with van der Waals surface area (Å²) < 4.78 is 11.5. The third-order valence-corrected chi connectivity index (χ3v) is 5.99. The molecule has 4 heteroatoms. The average molecular weight is 430 g/mol. The van der Waals surface area contributed by atoms with Crippen molar-refractivity contribution in [2.45, 2.75) is 38.5 Å². The van der Waals surface area contributed by atoms with E-state index in [1.807, 2.05) is 66.7 Å². The minimum atomic E-state index is -0.192. The molecular weight excluding hydrogens is 398 g/mol. The maximum absolute atomic E-state index is 12.2. The molecule has 0 atom stereocenters. The standard InChI is InChI=1S/C28H31NO3/c30-28(21-32-27-15-11-24(12-16-27)23-9-5-2-6-10-23)29-25-13-17-26(18-14-25)31-20-19-22-7-3-1-4-8-22/h2,5-6,9-18,22H,1,3-4,7-8,19-21H2,(H,29,30). The molecule has 0 aliphatic heterocycles. The molecule has 0 aromatic heterocycles. The fraction of sp³-hybridized carbons (Fsp3) is 0.321. The van der Waals surface area contributed by atoms with Crippen LogP contribution >= 0.6 is 0 Å². The molecule has 3 aromatic rings. The maximum Gasteiger partial charge on any atom is 0.262 e. The summed E-state index contributed by atoms with van der Waals surface area (Å²) in [5, 5.41) is 2.86. The maximum atomic E-state index is 12.2. The number of carbonyl (C=O) groups is 1. The number of amides is 1. The van der Waals surface area contributed by atoms with Crippen molar-refractivity contribution in [3.8, 4) is 22.6 Å². The Balaban J connectivity index is 1.18. The Morgan fingerprint density at radius 3 is 2.09 bits per heavy atom. The highest BCUT2D eigenvalue weighted by Gasteiger charge is 2.13. The molecule has 0 unspecified atom stereocenters. The van der Waals surface area contributed by atoms with Gasteiger partial charge in [0.2, 0.25) is 0 Å². The fourth-order valence-electron chi connectivity index (χ4n) is 4.17. The van der Waals surface area contributed by atoms with E-state index in [-0.39, 0.29) is 12.5 Å². The van der Waals surface area contributed by atoms with Crippen molar-refractivity contribution in [1.29, 1.82) is 0 Å². The van der Waals surface area contributed by atoms with Gasteiger partial charge in [-0.3, -0.25) is 4.79 Å². The SMILES string of the molecule is O=C(COc1ccc(-c2ccccc2)cc1)Nc1ccc(OCCC2CCCCC2)cc1. The third-order valence-electron chi connectivity index (χ3n) is 5.99. The molecule has 1 fully saturated rings. The molecule has 4 nitrogen and oxygen atoms in total. The van der Waals surface area contributed by atoms with E-state index < -0.39 is 0 Å². The van der Waals surface area contributed by atoms with Gasteiger partial charge < -0.3 is 14.8 Å². The van der Waals surface area contributed by atoms with Crippen LogP contribution in [0.3, 0.4) is 0 Å². The van der Waals surface area contributed by atoms with Crippen LogP contribution in [0.25, 0.3) is 11.1 Å². The van der Waals surface area contributed by atoms with Crippen LogP contribution in [0.2, 0.25) is 0 Å². The molecule has 1 amide bonds. The smallest absolute Gasteiger partial charge is 0.262 e. The number of hydrogen-bond donors (Lipinski definition) is 1. The summed E-state index contributed by atoms with van der Waals surface area (Å²) >= 11 is 0. The number of hydrogen-bond acceptors (Lipinski definition) is 3. The van der Waals surface area contributed by atoms with Gasteiger partial charge in [0.15, 0.2) is 6.61 Å². The number of carbonyl (C=O) groups excluding carboxylic acids is 1. The van der Waals surface area contributed by atoms with Gasteiger partial charge in [0.1, 0.15) is 11.5 Å². The molecule has 166 valence electrons. The average Bonchev–Trinajstić information content (AvgIpc) is 2.85. The van der Waals surface area contributed by atoms with Gasteiger partial charge in [-0.15, -0.1) is 0 Å². The van der Waals surface area contributed by atoms with Crippen molar-refractivity contribution < 1.29 is 14.3 Å². The zero-order chi connectivity index (χ0) is 22.0. The third kappa shape index (κ3) is 6.61. The van der Waals surface area contributed by atoms with Crippen molar-refractivity contribution in [2.24, 2.45) is 5.92 Å². The predicted molar refractivity (Wildman–Crippen MR) is 129 cm³/mol. The van der Waals surface area contributed by atoms with E-state index in [2.05, 4.69) is 17.4 Å². The van der Waals surface area contributed by atoms with Crippen LogP contribution in [0.4, 0.5) is 5.69 Å². The Morgan fingerprint density at radius 1 is 0.750 bits per heavy atom. The van der Waals surface area contributed by atoms with Gasteiger partial charge in [0.25, 0.3) is 5.91 Å². The molecular formula is C28H31NO3. The summed E-state index contributed by atoms with van der Waals surface area (Å²) in [6.07, 6.45) is 7.92. The number of ether oxygens (including phenoxy) is 2. The first kappa shape index (κ1) is 21.9. The Morgan fingerprint density at radius 2 is 1.38 bits per heavy atom. The fourth-order valence-corrected chi connectivity index (χ4v) is 4.17. The summed E-state index contributed by atoms with van der Waals surface area (Å²) in [5.74, 6) is 2.13. The highest BCUT2D eigenvalue weighted by molar-refractivity contribution is 5.91. The molecule has 1 N–H and O–H groups in total. The first-order chi connectivity index (χ1) is 15.8. The van der Waals surface area contributed by atoms with Gasteiger partial charge in [0.05, 0.1) is 6.61 Å². The minimum Gasteiger partial charge on any atom is -0.494 e. The van der Waals surface area contributed by atoms with E-state index in [0.29, 0.717) is 5.75 Å². The Bertz CT molecular complexity index is 962.